The summed E-state index contributed by atoms with van der Waals surface area (Å²) in [5.74, 6) is 0.951. The van der Waals surface area contributed by atoms with Crippen LogP contribution in [-0.2, 0) is 20.5 Å². The van der Waals surface area contributed by atoms with Gasteiger partial charge in [-0.15, -0.1) is 0 Å². The Hall–Kier alpha value is -3.61. The molecule has 0 aliphatic carbocycles. The number of nitrogen functional groups attached to an aromatic ring is 1. The van der Waals surface area contributed by atoms with Crippen LogP contribution in [0.15, 0.2) is 42.9 Å². The zero-order valence-electron chi connectivity index (χ0n) is 17.5. The molecule has 1 atom stereocenters. The van der Waals surface area contributed by atoms with Gasteiger partial charge in [0.05, 0.1) is 23.8 Å². The summed E-state index contributed by atoms with van der Waals surface area (Å²) in [7, 11) is 3.92. The molecule has 152 valence electrons. The monoisotopic (exact) mass is 400 g/mol. The number of hydrogen-bond acceptors (Lipinski definition) is 5. The number of aryl methyl sites for hydroxylation is 3. The van der Waals surface area contributed by atoms with Crippen LogP contribution in [0.5, 0.6) is 5.75 Å². The Morgan fingerprint density at radius 3 is 2.47 bits per heavy atom. The van der Waals surface area contributed by atoms with E-state index in [2.05, 4.69) is 40.3 Å². The zero-order chi connectivity index (χ0) is 21.0. The number of nitrogens with two attached hydrogens (primary N) is 1. The molecule has 3 aromatic heterocycles. The average Bonchev–Trinajstić information content (AvgIpc) is 3.25. The fourth-order valence-corrected chi connectivity index (χ4v) is 4.32. The molecule has 7 heteroatoms. The normalized spacial score (nSPS) is 15.3. The number of ether oxygens (including phenoxy) is 1. The first kappa shape index (κ1) is 18.4. The maximum absolute atomic E-state index is 6.36. The van der Waals surface area contributed by atoms with E-state index in [1.165, 1.54) is 5.56 Å². The van der Waals surface area contributed by atoms with Gasteiger partial charge in [0.1, 0.15) is 6.10 Å². The Bertz CT molecular complexity index is 1270. The topological polar surface area (TPSA) is 83.8 Å². The van der Waals surface area contributed by atoms with Crippen LogP contribution >= 0.6 is 0 Å². The first-order chi connectivity index (χ1) is 14.4. The molecule has 0 radical (unpaired) electrons. The second kappa shape index (κ2) is 6.73. The third kappa shape index (κ3) is 2.85. The molecule has 4 heterocycles. The molecule has 2 bridgehead atoms. The largest absolute Gasteiger partial charge is 0.482 e. The van der Waals surface area contributed by atoms with Gasteiger partial charge in [-0.1, -0.05) is 23.8 Å². The molecule has 1 aliphatic rings. The van der Waals surface area contributed by atoms with Gasteiger partial charge >= 0.3 is 0 Å². The number of fused-ring (bicyclic) bond motifs is 7. The van der Waals surface area contributed by atoms with Crippen molar-refractivity contribution in [2.24, 2.45) is 14.1 Å². The van der Waals surface area contributed by atoms with Crippen molar-refractivity contribution < 1.29 is 4.74 Å². The van der Waals surface area contributed by atoms with Crippen molar-refractivity contribution in [3.63, 3.8) is 0 Å². The molecule has 1 aromatic carbocycles. The Labute approximate surface area is 175 Å². The predicted octanol–water partition coefficient (Wildman–Crippen LogP) is 3.82. The quantitative estimate of drug-likeness (QED) is 0.485. The lowest BCUT2D eigenvalue weighted by Crippen LogP contribution is -2.10. The third-order valence-corrected chi connectivity index (χ3v) is 5.77. The fraction of sp³-hybridized carbons (Fsp3) is 0.261. The van der Waals surface area contributed by atoms with Crippen LogP contribution in [0, 0.1) is 6.92 Å². The van der Waals surface area contributed by atoms with Crippen LogP contribution in [-0.4, -0.2) is 24.5 Å². The molecule has 1 aliphatic heterocycles. The van der Waals surface area contributed by atoms with Crippen molar-refractivity contribution in [3.05, 3.63) is 65.1 Å². The van der Waals surface area contributed by atoms with Gasteiger partial charge in [0.25, 0.3) is 0 Å². The van der Waals surface area contributed by atoms with Crippen LogP contribution in [0.4, 0.5) is 5.82 Å². The lowest BCUT2D eigenvalue weighted by molar-refractivity contribution is 0.228. The molecule has 1 unspecified atom stereocenters. The lowest BCUT2D eigenvalue weighted by atomic mass is 9.93. The van der Waals surface area contributed by atoms with E-state index in [1.54, 1.807) is 6.20 Å². The SMILES string of the molecule is Cc1ccc2c(c1)C(C)Oc1cc(cnc1N)-c1c(cnn1C)Cc1cnn(C)c1-2. The van der Waals surface area contributed by atoms with Crippen LogP contribution in [0.2, 0.25) is 0 Å². The van der Waals surface area contributed by atoms with Crippen LogP contribution in [0.1, 0.15) is 35.3 Å². The molecule has 0 saturated carbocycles. The van der Waals surface area contributed by atoms with Crippen molar-refractivity contribution in [2.75, 3.05) is 5.73 Å². The highest BCUT2D eigenvalue weighted by Gasteiger charge is 2.23. The van der Waals surface area contributed by atoms with Gasteiger partial charge in [-0.3, -0.25) is 9.36 Å². The summed E-state index contributed by atoms with van der Waals surface area (Å²) in [5, 5.41) is 9.08. The smallest absolute Gasteiger partial charge is 0.166 e. The minimum absolute atomic E-state index is 0.215. The van der Waals surface area contributed by atoms with Gasteiger partial charge in [-0.05, 0) is 19.9 Å². The minimum atomic E-state index is -0.215. The first-order valence-electron chi connectivity index (χ1n) is 9.97. The summed E-state index contributed by atoms with van der Waals surface area (Å²) >= 11 is 0. The number of nitrogens with zero attached hydrogens (tertiary/aromatic N) is 5. The van der Waals surface area contributed by atoms with Crippen LogP contribution < -0.4 is 10.5 Å². The van der Waals surface area contributed by atoms with Crippen molar-refractivity contribution in [2.45, 2.75) is 26.4 Å². The van der Waals surface area contributed by atoms with Crippen molar-refractivity contribution in [3.8, 4) is 28.3 Å². The van der Waals surface area contributed by atoms with E-state index in [0.29, 0.717) is 18.0 Å². The summed E-state index contributed by atoms with van der Waals surface area (Å²) < 4.78 is 10.2. The number of rotatable bonds is 0. The molecular formula is C23H24N6O. The highest BCUT2D eigenvalue weighted by atomic mass is 16.5. The van der Waals surface area contributed by atoms with E-state index in [4.69, 9.17) is 10.5 Å². The first-order valence-corrected chi connectivity index (χ1v) is 9.97. The van der Waals surface area contributed by atoms with Gasteiger partial charge in [0.15, 0.2) is 11.6 Å². The standard InChI is InChI=1S/C23H24N6O/c1-13-5-6-18-19(7-13)14(2)30-20-9-17(10-25-23(20)24)21-15(11-26-28(21)3)8-16-12-27-29(4)22(16)18/h5-7,9-12,14H,8H2,1-4H3,(H2,24,25). The van der Waals surface area contributed by atoms with Gasteiger partial charge in [0.2, 0.25) is 0 Å². The minimum Gasteiger partial charge on any atom is -0.482 e. The molecule has 0 spiro atoms. The molecule has 0 saturated heterocycles. The summed E-state index contributed by atoms with van der Waals surface area (Å²) in [6.07, 6.45) is 6.14. The Morgan fingerprint density at radius 1 is 1.00 bits per heavy atom. The van der Waals surface area contributed by atoms with Crippen LogP contribution in [0.3, 0.4) is 0 Å². The van der Waals surface area contributed by atoms with Crippen molar-refractivity contribution >= 4 is 5.82 Å². The van der Waals surface area contributed by atoms with E-state index in [1.807, 2.05) is 48.8 Å². The summed E-state index contributed by atoms with van der Waals surface area (Å²) in [6, 6.07) is 8.41. The molecule has 0 amide bonds. The van der Waals surface area contributed by atoms with E-state index < -0.39 is 0 Å². The molecule has 4 aromatic rings. The second-order valence-corrected chi connectivity index (χ2v) is 7.92. The maximum atomic E-state index is 6.36. The number of anilines is 1. The van der Waals surface area contributed by atoms with E-state index >= 15 is 0 Å². The number of aromatic nitrogens is 5. The molecule has 30 heavy (non-hydrogen) atoms. The summed E-state index contributed by atoms with van der Waals surface area (Å²) in [5.41, 5.74) is 14.8. The number of pyridine rings is 1. The van der Waals surface area contributed by atoms with Crippen molar-refractivity contribution in [1.29, 1.82) is 0 Å². The molecular weight excluding hydrogens is 376 g/mol. The lowest BCUT2D eigenvalue weighted by Gasteiger charge is -2.22. The average molecular weight is 400 g/mol. The van der Waals surface area contributed by atoms with Crippen molar-refractivity contribution in [1.82, 2.24) is 24.5 Å². The zero-order valence-corrected chi connectivity index (χ0v) is 17.5. The van der Waals surface area contributed by atoms with Crippen LogP contribution in [0.25, 0.3) is 22.5 Å². The highest BCUT2D eigenvalue weighted by molar-refractivity contribution is 5.72. The van der Waals surface area contributed by atoms with Gasteiger partial charge < -0.3 is 10.5 Å². The molecule has 0 fully saturated rings. The fourth-order valence-electron chi connectivity index (χ4n) is 4.32. The maximum Gasteiger partial charge on any atom is 0.166 e. The van der Waals surface area contributed by atoms with Gasteiger partial charge in [0, 0.05) is 54.5 Å². The van der Waals surface area contributed by atoms with E-state index in [-0.39, 0.29) is 6.10 Å². The third-order valence-electron chi connectivity index (χ3n) is 5.77. The Morgan fingerprint density at radius 2 is 1.70 bits per heavy atom. The predicted molar refractivity (Wildman–Crippen MR) is 116 cm³/mol. The molecule has 7 nitrogen and oxygen atoms in total. The Balaban J connectivity index is 1.82. The molecule has 2 N–H and O–H groups in total. The number of hydrogen-bond donors (Lipinski definition) is 1. The van der Waals surface area contributed by atoms with E-state index in [9.17, 15) is 0 Å². The second-order valence-electron chi connectivity index (χ2n) is 7.92. The molecule has 5 rings (SSSR count). The van der Waals surface area contributed by atoms with Gasteiger partial charge in [-0.25, -0.2) is 4.98 Å². The highest BCUT2D eigenvalue weighted by Crippen LogP contribution is 2.38. The number of benzene rings is 1. The summed E-state index contributed by atoms with van der Waals surface area (Å²) in [6.45, 7) is 4.13. The summed E-state index contributed by atoms with van der Waals surface area (Å²) in [4.78, 5) is 4.40. The van der Waals surface area contributed by atoms with E-state index in [0.717, 1.165) is 39.2 Å². The van der Waals surface area contributed by atoms with Gasteiger partial charge in [-0.2, -0.15) is 10.2 Å². The Kier molecular flexibility index (Phi) is 4.13.